The van der Waals surface area contributed by atoms with Crippen molar-refractivity contribution in [1.82, 2.24) is 0 Å². The van der Waals surface area contributed by atoms with Crippen LogP contribution >= 0.6 is 0 Å². The molecular weight excluding hydrogens is 342 g/mol. The van der Waals surface area contributed by atoms with Gasteiger partial charge < -0.3 is 4.74 Å². The van der Waals surface area contributed by atoms with E-state index in [1.54, 1.807) is 57.2 Å². The molecule has 1 aliphatic carbocycles. The molecule has 0 aromatic heterocycles. The van der Waals surface area contributed by atoms with Gasteiger partial charge in [0, 0.05) is 17.7 Å². The molecule has 5 nitrogen and oxygen atoms in total. The zero-order valence-corrected chi connectivity index (χ0v) is 15.6. The maximum atomic E-state index is 13.4. The minimum atomic E-state index is -1.28. The van der Waals surface area contributed by atoms with Gasteiger partial charge in [-0.15, -0.1) is 0 Å². The minimum absolute atomic E-state index is 0.00866. The molecule has 0 saturated carbocycles. The molecule has 0 radical (unpaired) electrons. The monoisotopic (exact) mass is 363 g/mol. The lowest BCUT2D eigenvalue weighted by Crippen LogP contribution is -2.54. The fourth-order valence-electron chi connectivity index (χ4n) is 3.94. The Balaban J connectivity index is 1.82. The zero-order valence-electron chi connectivity index (χ0n) is 15.6. The van der Waals surface area contributed by atoms with Gasteiger partial charge in [0.05, 0.1) is 5.69 Å². The quantitative estimate of drug-likeness (QED) is 0.663. The normalized spacial score (nSPS) is 21.2. The number of ether oxygens (including phenoxy) is 1. The van der Waals surface area contributed by atoms with Crippen molar-refractivity contribution in [3.8, 4) is 0 Å². The number of benzene rings is 2. The number of fused-ring (bicyclic) bond motifs is 2. The third-order valence-corrected chi connectivity index (χ3v) is 5.10. The number of nitrogens with zero attached hydrogens (tertiary/aromatic N) is 1. The largest absolute Gasteiger partial charge is 0.443 e. The number of hydrogen-bond donors (Lipinski definition) is 0. The molecule has 138 valence electrons. The van der Waals surface area contributed by atoms with Crippen LogP contribution in [0, 0.1) is 5.41 Å². The van der Waals surface area contributed by atoms with Crippen LogP contribution < -0.4 is 4.90 Å². The highest BCUT2D eigenvalue weighted by atomic mass is 16.6. The molecule has 5 heteroatoms. The van der Waals surface area contributed by atoms with E-state index in [-0.39, 0.29) is 18.1 Å². The number of carbonyl (C=O) groups excluding carboxylic acids is 3. The van der Waals surface area contributed by atoms with Crippen molar-refractivity contribution in [1.29, 1.82) is 0 Å². The van der Waals surface area contributed by atoms with Gasteiger partial charge in [-0.1, -0.05) is 36.4 Å². The summed E-state index contributed by atoms with van der Waals surface area (Å²) in [5, 5.41) is 0. The molecule has 4 rings (SSSR count). The maximum Gasteiger partial charge on any atom is 0.414 e. The van der Waals surface area contributed by atoms with Gasteiger partial charge in [0.2, 0.25) is 0 Å². The molecule has 1 spiro atoms. The van der Waals surface area contributed by atoms with Gasteiger partial charge >= 0.3 is 6.09 Å². The van der Waals surface area contributed by atoms with Crippen LogP contribution in [0.15, 0.2) is 48.5 Å². The molecule has 2 aromatic carbocycles. The SMILES string of the molecule is CC(C)(C)OC(=O)N1CC2(Cc3ccccc3C2=O)C(=O)c2ccccc21. The molecule has 1 atom stereocenters. The Bertz CT molecular complexity index is 972. The first kappa shape index (κ1) is 17.5. The smallest absolute Gasteiger partial charge is 0.414 e. The predicted molar refractivity (Wildman–Crippen MR) is 101 cm³/mol. The number of ketones is 2. The molecule has 0 bridgehead atoms. The molecular formula is C22H21NO4. The van der Waals surface area contributed by atoms with Gasteiger partial charge in [0.15, 0.2) is 11.6 Å². The van der Waals surface area contributed by atoms with Gasteiger partial charge in [0.1, 0.15) is 11.0 Å². The van der Waals surface area contributed by atoms with E-state index in [1.165, 1.54) is 4.90 Å². The number of carbonyl (C=O) groups is 3. The van der Waals surface area contributed by atoms with Gasteiger partial charge in [0.25, 0.3) is 0 Å². The Hall–Kier alpha value is -2.95. The van der Waals surface area contributed by atoms with Crippen molar-refractivity contribution < 1.29 is 19.1 Å². The Labute approximate surface area is 157 Å². The summed E-state index contributed by atoms with van der Waals surface area (Å²) in [6.45, 7) is 5.36. The molecule has 1 amide bonds. The summed E-state index contributed by atoms with van der Waals surface area (Å²) in [6.07, 6.45) is -0.250. The van der Waals surface area contributed by atoms with Crippen LogP contribution in [-0.2, 0) is 11.2 Å². The number of Topliss-reactive ketones (excluding diaryl/α,β-unsaturated/α-hetero) is 2. The summed E-state index contributed by atoms with van der Waals surface area (Å²) in [4.78, 5) is 40.9. The zero-order chi connectivity index (χ0) is 19.4. The second kappa shape index (κ2) is 5.78. The van der Waals surface area contributed by atoms with Crippen LogP contribution in [0.4, 0.5) is 10.5 Å². The van der Waals surface area contributed by atoms with Gasteiger partial charge in [-0.25, -0.2) is 4.79 Å². The number of hydrogen-bond acceptors (Lipinski definition) is 4. The molecule has 2 aliphatic rings. The fraction of sp³-hybridized carbons (Fsp3) is 0.318. The van der Waals surface area contributed by atoms with Crippen LogP contribution in [-0.4, -0.2) is 29.8 Å². The Kier molecular flexibility index (Phi) is 3.74. The fourth-order valence-corrected chi connectivity index (χ4v) is 3.94. The van der Waals surface area contributed by atoms with E-state index < -0.39 is 17.1 Å². The van der Waals surface area contributed by atoms with Crippen LogP contribution in [0.25, 0.3) is 0 Å². The highest BCUT2D eigenvalue weighted by Crippen LogP contribution is 2.45. The third kappa shape index (κ3) is 2.65. The van der Waals surface area contributed by atoms with E-state index in [4.69, 9.17) is 4.74 Å². The van der Waals surface area contributed by atoms with E-state index in [0.29, 0.717) is 23.2 Å². The lowest BCUT2D eigenvalue weighted by molar-refractivity contribution is 0.0539. The second-order valence-electron chi connectivity index (χ2n) is 8.16. The molecule has 0 fully saturated rings. The van der Waals surface area contributed by atoms with Crippen molar-refractivity contribution >= 4 is 23.3 Å². The van der Waals surface area contributed by atoms with Crippen molar-refractivity contribution in [3.63, 3.8) is 0 Å². The first-order valence-electron chi connectivity index (χ1n) is 9.00. The molecule has 2 aromatic rings. The summed E-state index contributed by atoms with van der Waals surface area (Å²) in [7, 11) is 0. The lowest BCUT2D eigenvalue weighted by atomic mass is 9.73. The summed E-state index contributed by atoms with van der Waals surface area (Å²) < 4.78 is 5.55. The van der Waals surface area contributed by atoms with E-state index >= 15 is 0 Å². The summed E-state index contributed by atoms with van der Waals surface area (Å²) in [5.41, 5.74) is 0.328. The number of anilines is 1. The predicted octanol–water partition coefficient (Wildman–Crippen LogP) is 4.05. The van der Waals surface area contributed by atoms with Crippen LogP contribution in [0.1, 0.15) is 47.1 Å². The Morgan fingerprint density at radius 3 is 2.22 bits per heavy atom. The summed E-state index contributed by atoms with van der Waals surface area (Å²) >= 11 is 0. The molecule has 1 heterocycles. The van der Waals surface area contributed by atoms with Crippen LogP contribution in [0.2, 0.25) is 0 Å². The first-order valence-corrected chi connectivity index (χ1v) is 9.00. The highest BCUT2D eigenvalue weighted by molar-refractivity contribution is 6.26. The van der Waals surface area contributed by atoms with Crippen LogP contribution in [0.5, 0.6) is 0 Å². The summed E-state index contributed by atoms with van der Waals surface area (Å²) in [5.74, 6) is -0.440. The van der Waals surface area contributed by atoms with Crippen LogP contribution in [0.3, 0.4) is 0 Å². The molecule has 27 heavy (non-hydrogen) atoms. The molecule has 0 N–H and O–H groups in total. The van der Waals surface area contributed by atoms with Gasteiger partial charge in [-0.2, -0.15) is 0 Å². The standard InChI is InChI=1S/C22H21NO4/c1-21(2,3)27-20(26)23-13-22(19(25)16-10-6-7-11-17(16)23)12-14-8-4-5-9-15(14)18(22)24/h4-11H,12-13H2,1-3H3. The molecule has 1 aliphatic heterocycles. The maximum absolute atomic E-state index is 13.4. The van der Waals surface area contributed by atoms with E-state index in [2.05, 4.69) is 0 Å². The van der Waals surface area contributed by atoms with E-state index in [0.717, 1.165) is 5.56 Å². The second-order valence-corrected chi connectivity index (χ2v) is 8.16. The summed E-state index contributed by atoms with van der Waals surface area (Å²) in [6, 6.07) is 14.2. The molecule has 0 saturated heterocycles. The third-order valence-electron chi connectivity index (χ3n) is 5.10. The van der Waals surface area contributed by atoms with E-state index in [1.807, 2.05) is 12.1 Å². The van der Waals surface area contributed by atoms with Crippen molar-refractivity contribution in [2.75, 3.05) is 11.4 Å². The van der Waals surface area contributed by atoms with Gasteiger partial charge in [-0.3, -0.25) is 14.5 Å². The highest BCUT2D eigenvalue weighted by Gasteiger charge is 2.56. The Morgan fingerprint density at radius 2 is 1.56 bits per heavy atom. The number of amides is 1. The van der Waals surface area contributed by atoms with Crippen molar-refractivity contribution in [2.24, 2.45) is 5.41 Å². The Morgan fingerprint density at radius 1 is 0.963 bits per heavy atom. The van der Waals surface area contributed by atoms with Crippen molar-refractivity contribution in [3.05, 3.63) is 65.2 Å². The molecule has 1 unspecified atom stereocenters. The minimum Gasteiger partial charge on any atom is -0.443 e. The number of rotatable bonds is 0. The average Bonchev–Trinajstić information content (AvgIpc) is 2.90. The lowest BCUT2D eigenvalue weighted by Gasteiger charge is -2.39. The average molecular weight is 363 g/mol. The van der Waals surface area contributed by atoms with Crippen molar-refractivity contribution in [2.45, 2.75) is 32.8 Å². The van der Waals surface area contributed by atoms with Gasteiger partial charge in [-0.05, 0) is 44.9 Å². The first-order chi connectivity index (χ1) is 12.7. The number of para-hydroxylation sites is 1. The van der Waals surface area contributed by atoms with E-state index in [9.17, 15) is 14.4 Å². The topological polar surface area (TPSA) is 63.7 Å².